The number of aryl methyl sites for hydroxylation is 1. The van der Waals surface area contributed by atoms with E-state index in [1.807, 2.05) is 73.7 Å². The average molecular weight is 443 g/mol. The standard InChI is InChI=1S/C27H25NO5/c1-18-10-11-25-21(12-18)15-23(27(30)33-25)16-22(26(29)28-31)13-20-8-5-9-24(14-20)32-17-19-6-3-2-4-7-19/h2-12,14-15,22,31H,13,16-17H2,1H3,(H,28,29). The molecule has 0 saturated carbocycles. The number of ether oxygens (including phenoxy) is 1. The summed E-state index contributed by atoms with van der Waals surface area (Å²) in [4.78, 5) is 24.9. The molecule has 0 spiro atoms. The molecule has 2 N–H and O–H groups in total. The van der Waals surface area contributed by atoms with Crippen LogP contribution >= 0.6 is 0 Å². The Morgan fingerprint density at radius 2 is 1.76 bits per heavy atom. The van der Waals surface area contributed by atoms with Crippen LogP contribution in [-0.2, 0) is 24.2 Å². The Morgan fingerprint density at radius 3 is 2.55 bits per heavy atom. The molecule has 0 radical (unpaired) electrons. The first-order chi connectivity index (χ1) is 16.0. The van der Waals surface area contributed by atoms with Gasteiger partial charge in [-0.25, -0.2) is 10.3 Å². The highest BCUT2D eigenvalue weighted by molar-refractivity contribution is 5.79. The average Bonchev–Trinajstić information content (AvgIpc) is 2.83. The zero-order chi connectivity index (χ0) is 23.2. The number of hydroxylamine groups is 1. The normalized spacial score (nSPS) is 11.8. The maximum Gasteiger partial charge on any atom is 0.339 e. The summed E-state index contributed by atoms with van der Waals surface area (Å²) in [7, 11) is 0. The number of benzene rings is 3. The minimum atomic E-state index is -0.662. The molecule has 3 aromatic carbocycles. The molecule has 0 aliphatic heterocycles. The van der Waals surface area contributed by atoms with E-state index in [0.29, 0.717) is 29.9 Å². The van der Waals surface area contributed by atoms with Gasteiger partial charge in [-0.15, -0.1) is 0 Å². The van der Waals surface area contributed by atoms with Gasteiger partial charge in [0.15, 0.2) is 0 Å². The topological polar surface area (TPSA) is 88.8 Å². The molecule has 4 rings (SSSR count). The van der Waals surface area contributed by atoms with E-state index in [2.05, 4.69) is 0 Å². The molecular weight excluding hydrogens is 418 g/mol. The molecule has 0 aliphatic rings. The van der Waals surface area contributed by atoms with Crippen molar-refractivity contribution in [2.45, 2.75) is 26.4 Å². The lowest BCUT2D eigenvalue weighted by Gasteiger charge is -2.16. The van der Waals surface area contributed by atoms with Crippen LogP contribution in [0.25, 0.3) is 11.0 Å². The van der Waals surface area contributed by atoms with E-state index in [9.17, 15) is 14.8 Å². The van der Waals surface area contributed by atoms with Crippen LogP contribution in [-0.4, -0.2) is 11.1 Å². The number of carbonyl (C=O) groups excluding carboxylic acids is 1. The number of hydrogen-bond acceptors (Lipinski definition) is 5. The van der Waals surface area contributed by atoms with E-state index < -0.39 is 17.5 Å². The SMILES string of the molecule is Cc1ccc2oc(=O)c(CC(Cc3cccc(OCc4ccccc4)c3)C(=O)NO)cc2c1. The smallest absolute Gasteiger partial charge is 0.339 e. The Morgan fingerprint density at radius 1 is 0.970 bits per heavy atom. The maximum atomic E-state index is 12.5. The van der Waals surface area contributed by atoms with Crippen molar-refractivity contribution in [3.05, 3.63) is 112 Å². The minimum Gasteiger partial charge on any atom is -0.489 e. The molecule has 1 aromatic heterocycles. The highest BCUT2D eigenvalue weighted by atomic mass is 16.5. The van der Waals surface area contributed by atoms with Crippen LogP contribution in [0.2, 0.25) is 0 Å². The van der Waals surface area contributed by atoms with Crippen molar-refractivity contribution in [3.63, 3.8) is 0 Å². The number of carbonyl (C=O) groups is 1. The summed E-state index contributed by atoms with van der Waals surface area (Å²) in [6, 6.07) is 24.6. The first kappa shape index (κ1) is 22.3. The third-order valence-corrected chi connectivity index (χ3v) is 5.54. The minimum absolute atomic E-state index is 0.133. The quantitative estimate of drug-likeness (QED) is 0.236. The summed E-state index contributed by atoms with van der Waals surface area (Å²) in [6.45, 7) is 2.39. The summed E-state index contributed by atoms with van der Waals surface area (Å²) in [5.74, 6) is -0.543. The fourth-order valence-corrected chi connectivity index (χ4v) is 3.83. The third-order valence-electron chi connectivity index (χ3n) is 5.54. The van der Waals surface area contributed by atoms with Crippen molar-refractivity contribution in [2.75, 3.05) is 0 Å². The van der Waals surface area contributed by atoms with E-state index in [0.717, 1.165) is 22.1 Å². The summed E-state index contributed by atoms with van der Waals surface area (Å²) < 4.78 is 11.3. The van der Waals surface area contributed by atoms with E-state index in [-0.39, 0.29) is 6.42 Å². The van der Waals surface area contributed by atoms with Gasteiger partial charge in [0, 0.05) is 16.9 Å². The first-order valence-electron chi connectivity index (χ1n) is 10.7. The van der Waals surface area contributed by atoms with Gasteiger partial charge in [-0.05, 0) is 61.2 Å². The largest absolute Gasteiger partial charge is 0.489 e. The van der Waals surface area contributed by atoms with Crippen LogP contribution in [0, 0.1) is 12.8 Å². The van der Waals surface area contributed by atoms with E-state index in [1.165, 1.54) is 0 Å². The fourth-order valence-electron chi connectivity index (χ4n) is 3.83. The molecule has 6 nitrogen and oxygen atoms in total. The lowest BCUT2D eigenvalue weighted by Crippen LogP contribution is -2.32. The van der Waals surface area contributed by atoms with Crippen LogP contribution in [0.4, 0.5) is 0 Å². The van der Waals surface area contributed by atoms with Crippen molar-refractivity contribution in [1.82, 2.24) is 5.48 Å². The Hall–Kier alpha value is -3.90. The summed E-state index contributed by atoms with van der Waals surface area (Å²) in [6.07, 6.45) is 0.452. The predicted octanol–water partition coefficient (Wildman–Crippen LogP) is 4.59. The molecule has 0 aliphatic carbocycles. The van der Waals surface area contributed by atoms with E-state index >= 15 is 0 Å². The summed E-state index contributed by atoms with van der Waals surface area (Å²) in [5, 5.41) is 10.1. The van der Waals surface area contributed by atoms with E-state index in [4.69, 9.17) is 9.15 Å². The van der Waals surface area contributed by atoms with Gasteiger partial charge in [-0.2, -0.15) is 0 Å². The molecule has 0 saturated heterocycles. The molecule has 168 valence electrons. The number of hydrogen-bond donors (Lipinski definition) is 2. The van der Waals surface area contributed by atoms with E-state index in [1.54, 1.807) is 17.6 Å². The van der Waals surface area contributed by atoms with Crippen LogP contribution in [0.5, 0.6) is 5.75 Å². The lowest BCUT2D eigenvalue weighted by molar-refractivity contribution is -0.133. The fraction of sp³-hybridized carbons (Fsp3) is 0.185. The summed E-state index contributed by atoms with van der Waals surface area (Å²) in [5.41, 5.74) is 5.09. The first-order valence-corrected chi connectivity index (χ1v) is 10.7. The number of amides is 1. The van der Waals surface area contributed by atoms with Crippen molar-refractivity contribution >= 4 is 16.9 Å². The molecule has 1 heterocycles. The van der Waals surface area contributed by atoms with Gasteiger partial charge in [0.2, 0.25) is 5.91 Å². The zero-order valence-corrected chi connectivity index (χ0v) is 18.3. The molecule has 1 amide bonds. The molecule has 1 unspecified atom stereocenters. The van der Waals surface area contributed by atoms with Crippen LogP contribution < -0.4 is 15.8 Å². The predicted molar refractivity (Wildman–Crippen MR) is 125 cm³/mol. The molecule has 1 atom stereocenters. The Bertz CT molecular complexity index is 1310. The highest BCUT2D eigenvalue weighted by Crippen LogP contribution is 2.21. The van der Waals surface area contributed by atoms with Crippen LogP contribution in [0.1, 0.15) is 22.3 Å². The Kier molecular flexibility index (Phi) is 6.86. The number of rotatable bonds is 8. The molecular formula is C27H25NO5. The number of nitrogens with one attached hydrogen (secondary N) is 1. The second-order valence-corrected chi connectivity index (χ2v) is 8.10. The monoisotopic (exact) mass is 443 g/mol. The second-order valence-electron chi connectivity index (χ2n) is 8.10. The Labute approximate surface area is 191 Å². The highest BCUT2D eigenvalue weighted by Gasteiger charge is 2.22. The van der Waals surface area contributed by atoms with Gasteiger partial charge in [-0.3, -0.25) is 10.0 Å². The third kappa shape index (κ3) is 5.67. The lowest BCUT2D eigenvalue weighted by atomic mass is 9.92. The van der Waals surface area contributed by atoms with Crippen molar-refractivity contribution < 1.29 is 19.2 Å². The van der Waals surface area contributed by atoms with Crippen LogP contribution in [0.3, 0.4) is 0 Å². The van der Waals surface area contributed by atoms with Gasteiger partial charge in [0.1, 0.15) is 17.9 Å². The van der Waals surface area contributed by atoms with Gasteiger partial charge < -0.3 is 9.15 Å². The maximum absolute atomic E-state index is 12.5. The van der Waals surface area contributed by atoms with Crippen molar-refractivity contribution in [1.29, 1.82) is 0 Å². The molecule has 6 heteroatoms. The molecule has 0 bridgehead atoms. The van der Waals surface area contributed by atoms with Gasteiger partial charge >= 0.3 is 5.63 Å². The molecule has 4 aromatic rings. The molecule has 33 heavy (non-hydrogen) atoms. The van der Waals surface area contributed by atoms with Gasteiger partial charge in [-0.1, -0.05) is 54.1 Å². The van der Waals surface area contributed by atoms with Gasteiger partial charge in [0.25, 0.3) is 0 Å². The second kappa shape index (κ2) is 10.1. The van der Waals surface area contributed by atoms with Gasteiger partial charge in [0.05, 0.1) is 0 Å². The number of fused-ring (bicyclic) bond motifs is 1. The zero-order valence-electron chi connectivity index (χ0n) is 18.3. The van der Waals surface area contributed by atoms with Crippen molar-refractivity contribution in [3.8, 4) is 5.75 Å². The van der Waals surface area contributed by atoms with Crippen LogP contribution in [0.15, 0.2) is 88.1 Å². The Balaban J connectivity index is 1.53. The molecule has 0 fully saturated rings. The van der Waals surface area contributed by atoms with Crippen molar-refractivity contribution in [2.24, 2.45) is 5.92 Å². The summed E-state index contributed by atoms with van der Waals surface area (Å²) >= 11 is 0.